The lowest BCUT2D eigenvalue weighted by Crippen LogP contribution is -2.44. The lowest BCUT2D eigenvalue weighted by Gasteiger charge is -2.27. The first kappa shape index (κ1) is 17.7. The largest absolute Gasteiger partial charge is 0.399 e. The Balaban J connectivity index is 2.02. The molecule has 0 atom stereocenters. The molecule has 0 radical (unpaired) electrons. The Morgan fingerprint density at radius 2 is 1.88 bits per heavy atom. The number of rotatable bonds is 6. The van der Waals surface area contributed by atoms with Crippen molar-refractivity contribution in [3.8, 4) is 0 Å². The number of fused-ring (bicyclic) bond motifs is 1. The highest BCUT2D eigenvalue weighted by molar-refractivity contribution is 5.81. The highest BCUT2D eigenvalue weighted by Crippen LogP contribution is 2.13. The highest BCUT2D eigenvalue weighted by atomic mass is 16.5. The number of nitrogens with zero attached hydrogens (tertiary/aromatic N) is 3. The van der Waals surface area contributed by atoms with Crippen LogP contribution < -0.4 is 17.0 Å². The van der Waals surface area contributed by atoms with Crippen molar-refractivity contribution in [2.24, 2.45) is 0 Å². The first-order chi connectivity index (χ1) is 12.1. The van der Waals surface area contributed by atoms with E-state index in [1.807, 2.05) is 0 Å². The molecule has 0 bridgehead atoms. The molecule has 8 nitrogen and oxygen atoms in total. The first-order valence-corrected chi connectivity index (χ1v) is 8.43. The SMILES string of the molecule is COCCn1c(=O)c2cc(N)ccc2n(CCN2CCOCC2)c1=O. The molecule has 0 spiro atoms. The minimum atomic E-state index is -0.327. The van der Waals surface area contributed by atoms with Crippen molar-refractivity contribution >= 4 is 16.6 Å². The molecule has 0 amide bonds. The fourth-order valence-electron chi connectivity index (χ4n) is 3.10. The smallest absolute Gasteiger partial charge is 0.331 e. The van der Waals surface area contributed by atoms with E-state index in [1.54, 1.807) is 29.9 Å². The molecule has 25 heavy (non-hydrogen) atoms. The molecule has 3 rings (SSSR count). The van der Waals surface area contributed by atoms with Gasteiger partial charge < -0.3 is 15.2 Å². The summed E-state index contributed by atoms with van der Waals surface area (Å²) in [7, 11) is 1.54. The summed E-state index contributed by atoms with van der Waals surface area (Å²) in [5, 5.41) is 0.456. The van der Waals surface area contributed by atoms with Crippen molar-refractivity contribution in [3.63, 3.8) is 0 Å². The van der Waals surface area contributed by atoms with Gasteiger partial charge in [-0.05, 0) is 18.2 Å². The quantitative estimate of drug-likeness (QED) is 0.722. The predicted molar refractivity (Wildman–Crippen MR) is 96.0 cm³/mol. The third-order valence-corrected chi connectivity index (χ3v) is 4.51. The number of nitrogen functional groups attached to an aromatic ring is 1. The fraction of sp³-hybridized carbons (Fsp3) is 0.529. The summed E-state index contributed by atoms with van der Waals surface area (Å²) in [5.74, 6) is 0. The third kappa shape index (κ3) is 3.76. The van der Waals surface area contributed by atoms with E-state index in [1.165, 1.54) is 4.57 Å². The van der Waals surface area contributed by atoms with Crippen LogP contribution in [0.1, 0.15) is 0 Å². The average molecular weight is 348 g/mol. The predicted octanol–water partition coefficient (Wildman–Crippen LogP) is -0.276. The van der Waals surface area contributed by atoms with Crippen molar-refractivity contribution in [2.45, 2.75) is 13.1 Å². The van der Waals surface area contributed by atoms with Gasteiger partial charge in [-0.3, -0.25) is 18.8 Å². The average Bonchev–Trinajstić information content (AvgIpc) is 2.63. The molecular weight excluding hydrogens is 324 g/mol. The molecule has 8 heteroatoms. The van der Waals surface area contributed by atoms with Gasteiger partial charge in [0.25, 0.3) is 5.56 Å². The molecule has 1 aliphatic heterocycles. The molecule has 1 aliphatic rings. The van der Waals surface area contributed by atoms with Gasteiger partial charge in [0.1, 0.15) is 0 Å². The van der Waals surface area contributed by atoms with E-state index in [9.17, 15) is 9.59 Å². The number of anilines is 1. The second-order valence-corrected chi connectivity index (χ2v) is 6.11. The molecule has 2 heterocycles. The topological polar surface area (TPSA) is 91.7 Å². The van der Waals surface area contributed by atoms with E-state index in [0.29, 0.717) is 43.0 Å². The van der Waals surface area contributed by atoms with Gasteiger partial charge in [-0.1, -0.05) is 0 Å². The number of benzene rings is 1. The monoisotopic (exact) mass is 348 g/mol. The number of morpholine rings is 1. The zero-order valence-corrected chi connectivity index (χ0v) is 14.4. The Morgan fingerprint density at radius 1 is 1.12 bits per heavy atom. The lowest BCUT2D eigenvalue weighted by molar-refractivity contribution is 0.0363. The Morgan fingerprint density at radius 3 is 2.60 bits per heavy atom. The second kappa shape index (κ2) is 7.81. The van der Waals surface area contributed by atoms with E-state index in [0.717, 1.165) is 19.6 Å². The van der Waals surface area contributed by atoms with Crippen LogP contribution in [-0.2, 0) is 22.6 Å². The number of hydrogen-bond donors (Lipinski definition) is 1. The summed E-state index contributed by atoms with van der Waals surface area (Å²) >= 11 is 0. The summed E-state index contributed by atoms with van der Waals surface area (Å²) in [4.78, 5) is 27.8. The van der Waals surface area contributed by atoms with Gasteiger partial charge in [-0.25, -0.2) is 4.79 Å². The standard InChI is InChI=1S/C17H24N4O4/c1-24-9-8-21-16(22)14-12-13(18)2-3-15(14)20(17(21)23)5-4-19-6-10-25-11-7-19/h2-3,12H,4-11,18H2,1H3. The van der Waals surface area contributed by atoms with Crippen molar-refractivity contribution < 1.29 is 9.47 Å². The Kier molecular flexibility index (Phi) is 5.52. The normalized spacial score (nSPS) is 15.7. The molecular formula is C17H24N4O4. The summed E-state index contributed by atoms with van der Waals surface area (Å²) < 4.78 is 13.3. The molecule has 136 valence electrons. The van der Waals surface area contributed by atoms with Crippen LogP contribution in [0.5, 0.6) is 0 Å². The van der Waals surface area contributed by atoms with Gasteiger partial charge in [0, 0.05) is 39.0 Å². The summed E-state index contributed by atoms with van der Waals surface area (Å²) in [5.41, 5.74) is 6.32. The summed E-state index contributed by atoms with van der Waals surface area (Å²) in [6.07, 6.45) is 0. The van der Waals surface area contributed by atoms with E-state index in [4.69, 9.17) is 15.2 Å². The number of hydrogen-bond acceptors (Lipinski definition) is 6. The maximum Gasteiger partial charge on any atom is 0.331 e. The van der Waals surface area contributed by atoms with E-state index in [2.05, 4.69) is 4.90 Å². The molecule has 1 aromatic carbocycles. The zero-order chi connectivity index (χ0) is 17.8. The number of ether oxygens (including phenoxy) is 2. The molecule has 2 aromatic rings. The maximum atomic E-state index is 12.9. The number of methoxy groups -OCH3 is 1. The van der Waals surface area contributed by atoms with Crippen LogP contribution >= 0.6 is 0 Å². The molecule has 0 unspecified atom stereocenters. The van der Waals surface area contributed by atoms with Gasteiger partial charge in [-0.2, -0.15) is 0 Å². The minimum absolute atomic E-state index is 0.219. The van der Waals surface area contributed by atoms with Crippen LogP contribution in [0.4, 0.5) is 5.69 Å². The van der Waals surface area contributed by atoms with E-state index >= 15 is 0 Å². The number of aromatic nitrogens is 2. The number of nitrogens with two attached hydrogens (primary N) is 1. The molecule has 2 N–H and O–H groups in total. The van der Waals surface area contributed by atoms with E-state index < -0.39 is 0 Å². The van der Waals surface area contributed by atoms with Gasteiger partial charge >= 0.3 is 5.69 Å². The second-order valence-electron chi connectivity index (χ2n) is 6.11. The molecule has 1 fully saturated rings. The van der Waals surface area contributed by atoms with Crippen LogP contribution in [0.3, 0.4) is 0 Å². The summed E-state index contributed by atoms with van der Waals surface area (Å²) in [6, 6.07) is 5.09. The van der Waals surface area contributed by atoms with Gasteiger partial charge in [0.15, 0.2) is 0 Å². The molecule has 0 saturated carbocycles. The third-order valence-electron chi connectivity index (χ3n) is 4.51. The van der Waals surface area contributed by atoms with Gasteiger partial charge in [0.2, 0.25) is 0 Å². The lowest BCUT2D eigenvalue weighted by atomic mass is 10.2. The van der Waals surface area contributed by atoms with Crippen LogP contribution in [0.2, 0.25) is 0 Å². The van der Waals surface area contributed by atoms with Gasteiger partial charge in [-0.15, -0.1) is 0 Å². The van der Waals surface area contributed by atoms with Crippen molar-refractivity contribution in [3.05, 3.63) is 39.0 Å². The summed E-state index contributed by atoms with van der Waals surface area (Å²) in [6.45, 7) is 4.87. The zero-order valence-electron chi connectivity index (χ0n) is 14.4. The van der Waals surface area contributed by atoms with Crippen LogP contribution in [0, 0.1) is 0 Å². The van der Waals surface area contributed by atoms with Crippen LogP contribution in [0.25, 0.3) is 10.9 Å². The maximum absolute atomic E-state index is 12.9. The first-order valence-electron chi connectivity index (χ1n) is 8.43. The Bertz CT molecular complexity index is 852. The fourth-order valence-corrected chi connectivity index (χ4v) is 3.10. The minimum Gasteiger partial charge on any atom is -0.399 e. The van der Waals surface area contributed by atoms with Crippen LogP contribution in [-0.4, -0.2) is 60.6 Å². The van der Waals surface area contributed by atoms with Crippen LogP contribution in [0.15, 0.2) is 27.8 Å². The molecule has 1 aromatic heterocycles. The van der Waals surface area contributed by atoms with Gasteiger partial charge in [0.05, 0.1) is 37.3 Å². The van der Waals surface area contributed by atoms with Crippen molar-refractivity contribution in [1.29, 1.82) is 0 Å². The highest BCUT2D eigenvalue weighted by Gasteiger charge is 2.15. The van der Waals surface area contributed by atoms with E-state index in [-0.39, 0.29) is 17.8 Å². The molecule has 0 aliphatic carbocycles. The van der Waals surface area contributed by atoms with Crippen molar-refractivity contribution in [1.82, 2.24) is 14.0 Å². The Labute approximate surface area is 145 Å². The van der Waals surface area contributed by atoms with Crippen molar-refractivity contribution in [2.75, 3.05) is 52.3 Å². The Hall–Kier alpha value is -2.16. The molecule has 1 saturated heterocycles.